The maximum Gasteiger partial charge on any atom is 0.228 e. The van der Waals surface area contributed by atoms with E-state index in [1.807, 2.05) is 28.7 Å². The summed E-state index contributed by atoms with van der Waals surface area (Å²) in [5.74, 6) is 2.44. The van der Waals surface area contributed by atoms with E-state index in [2.05, 4.69) is 9.88 Å². The van der Waals surface area contributed by atoms with Crippen LogP contribution in [0, 0.1) is 12.8 Å². The molecule has 0 N–H and O–H groups in total. The number of piperazine rings is 1. The number of carbonyl (C=O) groups is 1. The molecule has 3 heterocycles. The molecular weight excluding hydrogens is 322 g/mol. The van der Waals surface area contributed by atoms with Crippen molar-refractivity contribution in [3.05, 3.63) is 28.3 Å². The molecule has 6 heteroatoms. The van der Waals surface area contributed by atoms with Crippen LogP contribution in [0.25, 0.3) is 11.5 Å². The minimum absolute atomic E-state index is 0.161. The van der Waals surface area contributed by atoms with Gasteiger partial charge in [0.05, 0.1) is 12.1 Å². The second-order valence-electron chi connectivity index (χ2n) is 6.84. The van der Waals surface area contributed by atoms with Crippen molar-refractivity contribution in [3.8, 4) is 11.5 Å². The molecule has 1 saturated carbocycles. The highest BCUT2D eigenvalue weighted by Gasteiger charge is 2.28. The van der Waals surface area contributed by atoms with Crippen molar-refractivity contribution < 1.29 is 9.21 Å². The standard InChI is InChI=1S/C18H23N3O2S/c1-13-16(19-18(23-13)15-4-9-24-12-15)10-17(22)21-7-5-20(6-8-21)11-14-2-3-14/h4,9,12,14H,2-3,5-8,10-11H2,1H3. The van der Waals surface area contributed by atoms with E-state index in [1.165, 1.54) is 19.4 Å². The Balaban J connectivity index is 1.34. The number of oxazole rings is 1. The molecule has 4 rings (SSSR count). The molecule has 2 fully saturated rings. The highest BCUT2D eigenvalue weighted by atomic mass is 32.1. The average molecular weight is 345 g/mol. The Kier molecular flexibility index (Phi) is 4.41. The van der Waals surface area contributed by atoms with Gasteiger partial charge in [0.1, 0.15) is 5.76 Å². The van der Waals surface area contributed by atoms with Gasteiger partial charge in [0.15, 0.2) is 0 Å². The van der Waals surface area contributed by atoms with Crippen molar-refractivity contribution in [1.29, 1.82) is 0 Å². The molecule has 2 aliphatic rings. The smallest absolute Gasteiger partial charge is 0.228 e. The number of thiophene rings is 1. The number of hydrogen-bond donors (Lipinski definition) is 0. The summed E-state index contributed by atoms with van der Waals surface area (Å²) in [7, 11) is 0. The third kappa shape index (κ3) is 3.54. The molecule has 0 atom stereocenters. The predicted octanol–water partition coefficient (Wildman–Crippen LogP) is 2.81. The Labute approximate surface area is 146 Å². The van der Waals surface area contributed by atoms with Gasteiger partial charge in [-0.25, -0.2) is 4.98 Å². The SMILES string of the molecule is Cc1oc(-c2ccsc2)nc1CC(=O)N1CCN(CC2CC2)CC1. The van der Waals surface area contributed by atoms with Crippen molar-refractivity contribution >= 4 is 17.2 Å². The minimum Gasteiger partial charge on any atom is -0.441 e. The van der Waals surface area contributed by atoms with Gasteiger partial charge in [-0.15, -0.1) is 0 Å². The molecule has 0 spiro atoms. The molecule has 128 valence electrons. The van der Waals surface area contributed by atoms with Gasteiger partial charge in [-0.2, -0.15) is 11.3 Å². The number of hydrogen-bond acceptors (Lipinski definition) is 5. The summed E-state index contributed by atoms with van der Waals surface area (Å²) < 4.78 is 5.73. The number of nitrogens with zero attached hydrogens (tertiary/aromatic N) is 3. The maximum atomic E-state index is 12.6. The number of amides is 1. The quantitative estimate of drug-likeness (QED) is 0.836. The first kappa shape index (κ1) is 15.8. The molecule has 2 aromatic rings. The van der Waals surface area contributed by atoms with Crippen LogP contribution in [0.1, 0.15) is 24.3 Å². The van der Waals surface area contributed by atoms with Gasteiger partial charge in [-0.3, -0.25) is 9.69 Å². The van der Waals surface area contributed by atoms with Crippen LogP contribution in [0.4, 0.5) is 0 Å². The lowest BCUT2D eigenvalue weighted by Gasteiger charge is -2.34. The predicted molar refractivity (Wildman–Crippen MR) is 94.0 cm³/mol. The fraction of sp³-hybridized carbons (Fsp3) is 0.556. The highest BCUT2D eigenvalue weighted by Crippen LogP contribution is 2.30. The highest BCUT2D eigenvalue weighted by molar-refractivity contribution is 7.08. The zero-order valence-corrected chi connectivity index (χ0v) is 14.8. The normalized spacial score (nSPS) is 19.0. The lowest BCUT2D eigenvalue weighted by molar-refractivity contribution is -0.132. The second-order valence-corrected chi connectivity index (χ2v) is 7.62. The molecule has 0 aromatic carbocycles. The van der Waals surface area contributed by atoms with Gasteiger partial charge in [0.2, 0.25) is 11.8 Å². The second kappa shape index (κ2) is 6.69. The summed E-state index contributed by atoms with van der Waals surface area (Å²) in [4.78, 5) is 21.6. The Hall–Kier alpha value is -1.66. The zero-order chi connectivity index (χ0) is 16.5. The fourth-order valence-electron chi connectivity index (χ4n) is 3.20. The molecule has 0 radical (unpaired) electrons. The van der Waals surface area contributed by atoms with Gasteiger partial charge in [-0.05, 0) is 37.1 Å². The largest absolute Gasteiger partial charge is 0.441 e. The molecule has 1 aliphatic heterocycles. The molecule has 0 unspecified atom stereocenters. The van der Waals surface area contributed by atoms with Crippen molar-refractivity contribution in [2.24, 2.45) is 5.92 Å². The summed E-state index contributed by atoms with van der Waals surface area (Å²) in [6, 6.07) is 1.99. The Morgan fingerprint density at radius 2 is 2.12 bits per heavy atom. The first-order valence-electron chi connectivity index (χ1n) is 8.68. The summed E-state index contributed by atoms with van der Waals surface area (Å²) in [6.07, 6.45) is 3.11. The molecule has 0 bridgehead atoms. The third-order valence-corrected chi connectivity index (χ3v) is 5.60. The van der Waals surface area contributed by atoms with Gasteiger partial charge in [0.25, 0.3) is 0 Å². The third-order valence-electron chi connectivity index (χ3n) is 4.92. The van der Waals surface area contributed by atoms with Crippen LogP contribution in [0.2, 0.25) is 0 Å². The number of carbonyl (C=O) groups excluding carboxylic acids is 1. The van der Waals surface area contributed by atoms with E-state index in [0.717, 1.165) is 49.1 Å². The fourth-order valence-corrected chi connectivity index (χ4v) is 3.83. The van der Waals surface area contributed by atoms with Crippen LogP contribution in [0.5, 0.6) is 0 Å². The zero-order valence-electron chi connectivity index (χ0n) is 14.0. The topological polar surface area (TPSA) is 49.6 Å². The lowest BCUT2D eigenvalue weighted by Crippen LogP contribution is -2.49. The molecule has 2 aromatic heterocycles. The van der Waals surface area contributed by atoms with E-state index < -0.39 is 0 Å². The number of rotatable bonds is 5. The van der Waals surface area contributed by atoms with E-state index in [1.54, 1.807) is 11.3 Å². The Morgan fingerprint density at radius 1 is 1.33 bits per heavy atom. The average Bonchev–Trinajstić information content (AvgIpc) is 3.09. The van der Waals surface area contributed by atoms with E-state index in [-0.39, 0.29) is 5.91 Å². The van der Waals surface area contributed by atoms with Crippen molar-refractivity contribution in [3.63, 3.8) is 0 Å². The van der Waals surface area contributed by atoms with Crippen molar-refractivity contribution in [2.75, 3.05) is 32.7 Å². The number of aryl methyl sites for hydroxylation is 1. The molecule has 24 heavy (non-hydrogen) atoms. The van der Waals surface area contributed by atoms with Crippen molar-refractivity contribution in [1.82, 2.24) is 14.8 Å². The van der Waals surface area contributed by atoms with Crippen LogP contribution in [-0.4, -0.2) is 53.4 Å². The molecular formula is C18H23N3O2S. The molecule has 1 amide bonds. The van der Waals surface area contributed by atoms with E-state index in [9.17, 15) is 4.79 Å². The van der Waals surface area contributed by atoms with E-state index in [0.29, 0.717) is 12.3 Å². The van der Waals surface area contributed by atoms with E-state index >= 15 is 0 Å². The summed E-state index contributed by atoms with van der Waals surface area (Å²) in [6.45, 7) is 6.77. The summed E-state index contributed by atoms with van der Waals surface area (Å²) >= 11 is 1.62. The Morgan fingerprint density at radius 3 is 2.79 bits per heavy atom. The maximum absolute atomic E-state index is 12.6. The van der Waals surface area contributed by atoms with Gasteiger partial charge >= 0.3 is 0 Å². The van der Waals surface area contributed by atoms with E-state index in [4.69, 9.17) is 4.42 Å². The first-order valence-corrected chi connectivity index (χ1v) is 9.62. The molecule has 1 aliphatic carbocycles. The van der Waals surface area contributed by atoms with Gasteiger partial charge < -0.3 is 9.32 Å². The summed E-state index contributed by atoms with van der Waals surface area (Å²) in [5, 5.41) is 4.01. The van der Waals surface area contributed by atoms with Crippen LogP contribution in [0.3, 0.4) is 0 Å². The summed E-state index contributed by atoms with van der Waals surface area (Å²) in [5.41, 5.74) is 1.75. The van der Waals surface area contributed by atoms with Crippen LogP contribution < -0.4 is 0 Å². The van der Waals surface area contributed by atoms with Crippen LogP contribution >= 0.6 is 11.3 Å². The van der Waals surface area contributed by atoms with Crippen LogP contribution in [-0.2, 0) is 11.2 Å². The number of aromatic nitrogens is 1. The monoisotopic (exact) mass is 345 g/mol. The lowest BCUT2D eigenvalue weighted by atomic mass is 10.2. The Bertz CT molecular complexity index is 698. The first-order chi connectivity index (χ1) is 11.7. The van der Waals surface area contributed by atoms with Crippen LogP contribution in [0.15, 0.2) is 21.2 Å². The minimum atomic E-state index is 0.161. The van der Waals surface area contributed by atoms with Gasteiger partial charge in [0, 0.05) is 43.7 Å². The van der Waals surface area contributed by atoms with Crippen molar-refractivity contribution in [2.45, 2.75) is 26.2 Å². The molecule has 1 saturated heterocycles. The van der Waals surface area contributed by atoms with Gasteiger partial charge in [-0.1, -0.05) is 0 Å². The molecule has 5 nitrogen and oxygen atoms in total.